The predicted molar refractivity (Wildman–Crippen MR) is 81.4 cm³/mol. The molecule has 1 atom stereocenters. The Kier molecular flexibility index (Phi) is 5.13. The minimum atomic E-state index is 0.319. The zero-order valence-electron chi connectivity index (χ0n) is 11.6. The van der Waals surface area contributed by atoms with Crippen LogP contribution >= 0.6 is 15.9 Å². The summed E-state index contributed by atoms with van der Waals surface area (Å²) >= 11 is 3.50. The lowest BCUT2D eigenvalue weighted by atomic mass is 10.0. The molecule has 1 fully saturated rings. The number of nitrogens with zero attached hydrogens (tertiary/aromatic N) is 2. The number of carbonyl (C=O) groups is 1. The zero-order chi connectivity index (χ0) is 13.8. The van der Waals surface area contributed by atoms with Crippen LogP contribution in [0.15, 0.2) is 28.7 Å². The van der Waals surface area contributed by atoms with Crippen LogP contribution in [-0.2, 0) is 11.2 Å². The molecule has 0 amide bonds. The standard InChI is InChI=1S/C15H21BrN2O/c1-17-7-8-18(2)13(11-17)10-14(19)9-12-5-3-4-6-15(12)16/h3-6,13H,7-11H2,1-2H3. The normalized spacial score (nSPS) is 21.5. The first-order valence-electron chi connectivity index (χ1n) is 6.70. The maximum Gasteiger partial charge on any atom is 0.138 e. The Hall–Kier alpha value is -0.710. The molecule has 0 saturated carbocycles. The Balaban J connectivity index is 1.92. The van der Waals surface area contributed by atoms with E-state index in [9.17, 15) is 4.79 Å². The third kappa shape index (κ3) is 4.13. The molecule has 1 heterocycles. The molecule has 2 rings (SSSR count). The molecule has 1 aromatic carbocycles. The van der Waals surface area contributed by atoms with Crippen LogP contribution in [0.25, 0.3) is 0 Å². The van der Waals surface area contributed by atoms with E-state index in [0.717, 1.165) is 29.7 Å². The van der Waals surface area contributed by atoms with E-state index in [1.165, 1.54) is 0 Å². The van der Waals surface area contributed by atoms with E-state index in [2.05, 4.69) is 39.8 Å². The van der Waals surface area contributed by atoms with Crippen molar-refractivity contribution in [2.45, 2.75) is 18.9 Å². The summed E-state index contributed by atoms with van der Waals surface area (Å²) in [5.41, 5.74) is 1.08. The van der Waals surface area contributed by atoms with Crippen LogP contribution in [0.3, 0.4) is 0 Å². The number of rotatable bonds is 4. The molecule has 0 spiro atoms. The molecule has 1 aromatic rings. The molecule has 0 radical (unpaired) electrons. The fraction of sp³-hybridized carbons (Fsp3) is 0.533. The summed E-state index contributed by atoms with van der Waals surface area (Å²) in [6, 6.07) is 8.31. The van der Waals surface area contributed by atoms with Gasteiger partial charge < -0.3 is 9.80 Å². The Bertz CT molecular complexity index is 450. The van der Waals surface area contributed by atoms with Crippen molar-refractivity contribution in [1.29, 1.82) is 0 Å². The van der Waals surface area contributed by atoms with E-state index in [1.807, 2.05) is 24.3 Å². The summed E-state index contributed by atoms with van der Waals surface area (Å²) in [6.07, 6.45) is 1.16. The number of likely N-dealkylation sites (N-methyl/N-ethyl adjacent to an activating group) is 2. The van der Waals surface area contributed by atoms with Gasteiger partial charge in [-0.3, -0.25) is 4.79 Å². The molecule has 1 aliphatic heterocycles. The highest BCUT2D eigenvalue weighted by molar-refractivity contribution is 9.10. The van der Waals surface area contributed by atoms with Gasteiger partial charge in [-0.25, -0.2) is 0 Å². The molecule has 3 nitrogen and oxygen atoms in total. The molecule has 1 saturated heterocycles. The molecule has 19 heavy (non-hydrogen) atoms. The van der Waals surface area contributed by atoms with Gasteiger partial charge in [0.25, 0.3) is 0 Å². The maximum absolute atomic E-state index is 12.2. The summed E-state index contributed by atoms with van der Waals surface area (Å²) in [5.74, 6) is 0.319. The van der Waals surface area contributed by atoms with Crippen molar-refractivity contribution in [3.8, 4) is 0 Å². The van der Waals surface area contributed by atoms with Crippen molar-refractivity contribution in [3.05, 3.63) is 34.3 Å². The molecule has 0 bridgehead atoms. The van der Waals surface area contributed by atoms with Crippen molar-refractivity contribution in [2.75, 3.05) is 33.7 Å². The SMILES string of the molecule is CN1CCN(C)C(CC(=O)Cc2ccccc2Br)C1. The minimum Gasteiger partial charge on any atom is -0.304 e. The van der Waals surface area contributed by atoms with E-state index < -0.39 is 0 Å². The van der Waals surface area contributed by atoms with E-state index in [0.29, 0.717) is 24.7 Å². The van der Waals surface area contributed by atoms with Gasteiger partial charge in [0.05, 0.1) is 0 Å². The van der Waals surface area contributed by atoms with E-state index in [1.54, 1.807) is 0 Å². The maximum atomic E-state index is 12.2. The first-order valence-corrected chi connectivity index (χ1v) is 7.49. The van der Waals surface area contributed by atoms with Crippen LogP contribution in [0.4, 0.5) is 0 Å². The quantitative estimate of drug-likeness (QED) is 0.848. The fourth-order valence-electron chi connectivity index (χ4n) is 2.51. The largest absolute Gasteiger partial charge is 0.304 e. The van der Waals surface area contributed by atoms with Gasteiger partial charge >= 0.3 is 0 Å². The number of halogens is 1. The second-order valence-electron chi connectivity index (χ2n) is 5.41. The van der Waals surface area contributed by atoms with Crippen LogP contribution < -0.4 is 0 Å². The Morgan fingerprint density at radius 1 is 1.32 bits per heavy atom. The summed E-state index contributed by atoms with van der Waals surface area (Å²) in [4.78, 5) is 16.8. The number of ketones is 1. The van der Waals surface area contributed by atoms with Gasteiger partial charge in [0, 0.05) is 43.0 Å². The lowest BCUT2D eigenvalue weighted by Crippen LogP contribution is -2.50. The van der Waals surface area contributed by atoms with Crippen LogP contribution in [0.5, 0.6) is 0 Å². The lowest BCUT2D eigenvalue weighted by molar-refractivity contribution is -0.120. The van der Waals surface area contributed by atoms with Gasteiger partial charge in [-0.05, 0) is 25.7 Å². The Morgan fingerprint density at radius 2 is 2.05 bits per heavy atom. The number of Topliss-reactive ketones (excluding diaryl/α,β-unsaturated/α-hetero) is 1. The number of hydrogen-bond donors (Lipinski definition) is 0. The lowest BCUT2D eigenvalue weighted by Gasteiger charge is -2.37. The summed E-state index contributed by atoms with van der Waals surface area (Å²) < 4.78 is 1.03. The highest BCUT2D eigenvalue weighted by atomic mass is 79.9. The van der Waals surface area contributed by atoms with E-state index in [4.69, 9.17) is 0 Å². The number of piperazine rings is 1. The van der Waals surface area contributed by atoms with Crippen molar-refractivity contribution in [3.63, 3.8) is 0 Å². The summed E-state index contributed by atoms with van der Waals surface area (Å²) in [7, 11) is 4.24. The minimum absolute atomic E-state index is 0.319. The molecule has 104 valence electrons. The topological polar surface area (TPSA) is 23.6 Å². The fourth-order valence-corrected chi connectivity index (χ4v) is 2.94. The summed E-state index contributed by atoms with van der Waals surface area (Å²) in [5, 5.41) is 0. The van der Waals surface area contributed by atoms with Crippen LogP contribution in [0, 0.1) is 0 Å². The summed E-state index contributed by atoms with van der Waals surface area (Å²) in [6.45, 7) is 3.12. The van der Waals surface area contributed by atoms with E-state index >= 15 is 0 Å². The van der Waals surface area contributed by atoms with Crippen LogP contribution in [0.1, 0.15) is 12.0 Å². The van der Waals surface area contributed by atoms with Crippen molar-refractivity contribution in [1.82, 2.24) is 9.80 Å². The third-order valence-electron chi connectivity index (χ3n) is 3.79. The van der Waals surface area contributed by atoms with Crippen molar-refractivity contribution >= 4 is 21.7 Å². The van der Waals surface area contributed by atoms with Crippen molar-refractivity contribution < 1.29 is 4.79 Å². The van der Waals surface area contributed by atoms with Gasteiger partial charge in [0.1, 0.15) is 5.78 Å². The molecule has 1 aliphatic rings. The van der Waals surface area contributed by atoms with Crippen molar-refractivity contribution in [2.24, 2.45) is 0 Å². The highest BCUT2D eigenvalue weighted by Gasteiger charge is 2.24. The molecule has 0 aromatic heterocycles. The van der Waals surface area contributed by atoms with Gasteiger partial charge in [0.15, 0.2) is 0 Å². The monoisotopic (exact) mass is 324 g/mol. The molecule has 4 heteroatoms. The molecule has 0 N–H and O–H groups in total. The Morgan fingerprint density at radius 3 is 2.79 bits per heavy atom. The second kappa shape index (κ2) is 6.64. The number of hydrogen-bond acceptors (Lipinski definition) is 3. The number of carbonyl (C=O) groups excluding carboxylic acids is 1. The Labute approximate surface area is 123 Å². The second-order valence-corrected chi connectivity index (χ2v) is 6.26. The smallest absolute Gasteiger partial charge is 0.138 e. The average Bonchev–Trinajstić information content (AvgIpc) is 2.37. The van der Waals surface area contributed by atoms with Crippen LogP contribution in [-0.4, -0.2) is 55.4 Å². The van der Waals surface area contributed by atoms with Crippen LogP contribution in [0.2, 0.25) is 0 Å². The van der Waals surface area contributed by atoms with Gasteiger partial charge in [-0.2, -0.15) is 0 Å². The van der Waals surface area contributed by atoms with Gasteiger partial charge in [-0.1, -0.05) is 34.1 Å². The first-order chi connectivity index (χ1) is 9.06. The molecular formula is C15H21BrN2O. The zero-order valence-corrected chi connectivity index (χ0v) is 13.2. The first kappa shape index (κ1) is 14.7. The molecule has 1 unspecified atom stereocenters. The predicted octanol–water partition coefficient (Wildman–Crippen LogP) is 2.20. The third-order valence-corrected chi connectivity index (χ3v) is 4.56. The van der Waals surface area contributed by atoms with Gasteiger partial charge in [0.2, 0.25) is 0 Å². The highest BCUT2D eigenvalue weighted by Crippen LogP contribution is 2.18. The number of benzene rings is 1. The van der Waals surface area contributed by atoms with E-state index in [-0.39, 0.29) is 0 Å². The molecular weight excluding hydrogens is 304 g/mol. The average molecular weight is 325 g/mol. The van der Waals surface area contributed by atoms with Gasteiger partial charge in [-0.15, -0.1) is 0 Å². The molecule has 0 aliphatic carbocycles.